The number of nitriles is 1. The molecule has 7 nitrogen and oxygen atoms in total. The number of aromatic nitrogens is 2. The van der Waals surface area contributed by atoms with E-state index < -0.39 is 17.1 Å². The van der Waals surface area contributed by atoms with Crippen LogP contribution in [-0.2, 0) is 12.8 Å². The van der Waals surface area contributed by atoms with Gasteiger partial charge in [0.05, 0.1) is 11.3 Å². The summed E-state index contributed by atoms with van der Waals surface area (Å²) in [7, 11) is 0. The van der Waals surface area contributed by atoms with Gasteiger partial charge in [0.2, 0.25) is 5.88 Å². The molecular formula is C21H18N4O3S. The Morgan fingerprint density at radius 1 is 1.31 bits per heavy atom. The van der Waals surface area contributed by atoms with Crippen LogP contribution in [0.4, 0.5) is 5.00 Å². The fourth-order valence-electron chi connectivity index (χ4n) is 3.54. The fraction of sp³-hybridized carbons (Fsp3) is 0.238. The number of aliphatic imine (C=N–C) groups is 1. The summed E-state index contributed by atoms with van der Waals surface area (Å²) in [5.41, 5.74) is 1.30. The maximum Gasteiger partial charge on any atom is 0.335 e. The Morgan fingerprint density at radius 3 is 2.86 bits per heavy atom. The zero-order valence-electron chi connectivity index (χ0n) is 15.7. The van der Waals surface area contributed by atoms with Crippen LogP contribution >= 0.6 is 11.3 Å². The van der Waals surface area contributed by atoms with E-state index in [0.717, 1.165) is 46.3 Å². The van der Waals surface area contributed by atoms with Crippen LogP contribution < -0.4 is 11.2 Å². The van der Waals surface area contributed by atoms with Gasteiger partial charge in [-0.1, -0.05) is 12.1 Å². The van der Waals surface area contributed by atoms with E-state index >= 15 is 0 Å². The van der Waals surface area contributed by atoms with E-state index in [1.165, 1.54) is 17.6 Å². The lowest BCUT2D eigenvalue weighted by Crippen LogP contribution is -2.31. The molecule has 8 heteroatoms. The molecule has 0 bridgehead atoms. The molecule has 0 aliphatic heterocycles. The molecule has 0 amide bonds. The first-order valence-electron chi connectivity index (χ1n) is 9.23. The maximum atomic E-state index is 12.3. The molecule has 0 radical (unpaired) electrons. The highest BCUT2D eigenvalue weighted by Gasteiger charge is 2.21. The molecule has 1 aliphatic rings. The second-order valence-electron chi connectivity index (χ2n) is 6.93. The van der Waals surface area contributed by atoms with E-state index in [4.69, 9.17) is 0 Å². The Labute approximate surface area is 170 Å². The van der Waals surface area contributed by atoms with E-state index in [9.17, 15) is 20.0 Å². The van der Waals surface area contributed by atoms with Crippen LogP contribution in [0.1, 0.15) is 40.0 Å². The third kappa shape index (κ3) is 3.41. The van der Waals surface area contributed by atoms with Crippen molar-refractivity contribution in [1.82, 2.24) is 9.55 Å². The molecule has 0 atom stereocenters. The predicted octanol–water partition coefficient (Wildman–Crippen LogP) is 3.10. The molecule has 0 fully saturated rings. The average Bonchev–Trinajstić information content (AvgIpc) is 3.05. The highest BCUT2D eigenvalue weighted by Crippen LogP contribution is 2.39. The third-order valence-corrected chi connectivity index (χ3v) is 6.16. The van der Waals surface area contributed by atoms with Gasteiger partial charge in [-0.15, -0.1) is 11.3 Å². The lowest BCUT2D eigenvalue weighted by atomic mass is 9.96. The average molecular weight is 406 g/mol. The highest BCUT2D eigenvalue weighted by molar-refractivity contribution is 7.16. The predicted molar refractivity (Wildman–Crippen MR) is 112 cm³/mol. The number of thiophene rings is 1. The van der Waals surface area contributed by atoms with Crippen LogP contribution in [0, 0.1) is 18.3 Å². The van der Waals surface area contributed by atoms with Gasteiger partial charge in [0.25, 0.3) is 5.56 Å². The first kappa shape index (κ1) is 18.9. The largest absolute Gasteiger partial charge is 0.493 e. The van der Waals surface area contributed by atoms with E-state index in [0.29, 0.717) is 16.3 Å². The summed E-state index contributed by atoms with van der Waals surface area (Å²) in [5.74, 6) is -0.493. The van der Waals surface area contributed by atoms with Crippen molar-refractivity contribution in [3.05, 3.63) is 72.2 Å². The Kier molecular flexibility index (Phi) is 4.91. The van der Waals surface area contributed by atoms with Gasteiger partial charge in [0.1, 0.15) is 16.6 Å². The number of H-pyrrole nitrogens is 1. The monoisotopic (exact) mass is 406 g/mol. The van der Waals surface area contributed by atoms with Crippen LogP contribution in [0.15, 0.2) is 38.8 Å². The summed E-state index contributed by atoms with van der Waals surface area (Å²) in [6, 6.07) is 9.22. The summed E-state index contributed by atoms with van der Waals surface area (Å²) in [6.07, 6.45) is 5.13. The summed E-state index contributed by atoms with van der Waals surface area (Å²) in [6.45, 7) is 1.86. The van der Waals surface area contributed by atoms with Crippen LogP contribution in [-0.4, -0.2) is 20.9 Å². The smallest absolute Gasteiger partial charge is 0.335 e. The second kappa shape index (κ2) is 7.53. The number of benzene rings is 1. The number of hydrogen-bond donors (Lipinski definition) is 2. The van der Waals surface area contributed by atoms with Crippen LogP contribution in [0.5, 0.6) is 5.88 Å². The van der Waals surface area contributed by atoms with Crippen molar-refractivity contribution >= 4 is 22.6 Å². The normalized spacial score (nSPS) is 13.4. The zero-order valence-corrected chi connectivity index (χ0v) is 16.5. The van der Waals surface area contributed by atoms with Crippen molar-refractivity contribution in [1.29, 1.82) is 5.26 Å². The Balaban J connectivity index is 1.82. The number of nitrogens with zero attached hydrogens (tertiary/aromatic N) is 3. The van der Waals surface area contributed by atoms with E-state index in [2.05, 4.69) is 16.0 Å². The first-order chi connectivity index (χ1) is 14.0. The molecular weight excluding hydrogens is 388 g/mol. The molecule has 0 saturated carbocycles. The minimum atomic E-state index is -0.737. The van der Waals surface area contributed by atoms with Crippen molar-refractivity contribution in [2.45, 2.75) is 32.6 Å². The van der Waals surface area contributed by atoms with Crippen molar-refractivity contribution in [2.24, 2.45) is 4.99 Å². The number of aryl methyl sites for hydroxylation is 2. The van der Waals surface area contributed by atoms with Gasteiger partial charge in [0.15, 0.2) is 0 Å². The van der Waals surface area contributed by atoms with E-state index in [-0.39, 0.29) is 5.56 Å². The SMILES string of the molecule is Cc1cccc(-n2c(O)c(C=Nc3sc4c(c3C#N)CCCC4)c(=O)[nH]c2=O)c1. The van der Waals surface area contributed by atoms with Gasteiger partial charge in [-0.2, -0.15) is 5.26 Å². The van der Waals surface area contributed by atoms with Crippen molar-refractivity contribution in [3.63, 3.8) is 0 Å². The van der Waals surface area contributed by atoms with Gasteiger partial charge >= 0.3 is 5.69 Å². The second-order valence-corrected chi connectivity index (χ2v) is 8.02. The molecule has 1 aliphatic carbocycles. The Morgan fingerprint density at radius 2 is 2.10 bits per heavy atom. The number of aromatic hydroxyl groups is 1. The van der Waals surface area contributed by atoms with Gasteiger partial charge in [-0.05, 0) is 55.9 Å². The zero-order chi connectivity index (χ0) is 20.5. The third-order valence-electron chi connectivity index (χ3n) is 4.96. The van der Waals surface area contributed by atoms with Gasteiger partial charge in [-0.25, -0.2) is 14.4 Å². The molecule has 29 heavy (non-hydrogen) atoms. The molecule has 0 saturated heterocycles. The number of fused-ring (bicyclic) bond motifs is 1. The molecule has 1 aromatic carbocycles. The topological polar surface area (TPSA) is 111 Å². The molecule has 3 aromatic rings. The van der Waals surface area contributed by atoms with Gasteiger partial charge < -0.3 is 5.11 Å². The number of aromatic amines is 1. The number of hydrogen-bond acceptors (Lipinski definition) is 6. The molecule has 2 aromatic heterocycles. The molecule has 4 rings (SSSR count). The van der Waals surface area contributed by atoms with E-state index in [1.807, 2.05) is 13.0 Å². The van der Waals surface area contributed by atoms with Crippen LogP contribution in [0.25, 0.3) is 5.69 Å². The van der Waals surface area contributed by atoms with Crippen molar-refractivity contribution in [3.8, 4) is 17.6 Å². The molecule has 0 spiro atoms. The lowest BCUT2D eigenvalue weighted by molar-refractivity contribution is 0.430. The van der Waals surface area contributed by atoms with E-state index in [1.54, 1.807) is 18.2 Å². The highest BCUT2D eigenvalue weighted by atomic mass is 32.1. The molecule has 2 N–H and O–H groups in total. The number of rotatable bonds is 3. The van der Waals surface area contributed by atoms with Crippen LogP contribution in [0.2, 0.25) is 0 Å². The van der Waals surface area contributed by atoms with Crippen molar-refractivity contribution < 1.29 is 5.11 Å². The maximum absolute atomic E-state index is 12.3. The Bertz CT molecular complexity index is 1290. The van der Waals surface area contributed by atoms with Gasteiger partial charge in [0, 0.05) is 11.1 Å². The molecule has 2 heterocycles. The van der Waals surface area contributed by atoms with Gasteiger partial charge in [-0.3, -0.25) is 9.78 Å². The molecule has 146 valence electrons. The summed E-state index contributed by atoms with van der Waals surface area (Å²) >= 11 is 1.44. The minimum absolute atomic E-state index is 0.138. The first-order valence-corrected chi connectivity index (χ1v) is 10.0. The standard InChI is InChI=1S/C21H18N4O3S/c1-12-5-4-6-13(9-12)25-20(27)16(18(26)24-21(25)28)11-23-19-15(10-22)14-7-2-3-8-17(14)29-19/h4-6,9,11,27H,2-3,7-8H2,1H3,(H,24,26,28). The quantitative estimate of drug-likeness (QED) is 0.651. The summed E-state index contributed by atoms with van der Waals surface area (Å²) < 4.78 is 1.03. The van der Waals surface area contributed by atoms with Crippen molar-refractivity contribution in [2.75, 3.05) is 0 Å². The summed E-state index contributed by atoms with van der Waals surface area (Å²) in [5, 5.41) is 20.7. The number of nitrogens with one attached hydrogen (secondary N) is 1. The fourth-order valence-corrected chi connectivity index (χ4v) is 4.73. The summed E-state index contributed by atoms with van der Waals surface area (Å²) in [4.78, 5) is 32.3. The Hall–Kier alpha value is -3.44. The minimum Gasteiger partial charge on any atom is -0.493 e. The molecule has 0 unspecified atom stereocenters. The van der Waals surface area contributed by atoms with Crippen LogP contribution in [0.3, 0.4) is 0 Å². The lowest BCUT2D eigenvalue weighted by Gasteiger charge is -2.10.